The van der Waals surface area contributed by atoms with Crippen LogP contribution in [-0.2, 0) is 28.8 Å². The Morgan fingerprint density at radius 3 is 1.90 bits per heavy atom. The van der Waals surface area contributed by atoms with Crippen molar-refractivity contribution in [2.75, 3.05) is 0 Å². The Labute approximate surface area is 300 Å². The highest BCUT2D eigenvalue weighted by Gasteiger charge is 2.36. The molecule has 1 aromatic heterocycles. The lowest BCUT2D eigenvalue weighted by atomic mass is 9.84. The molecule has 1 saturated carbocycles. The normalized spacial score (nSPS) is 16.9. The Balaban J connectivity index is 2.29. The zero-order valence-electron chi connectivity index (χ0n) is 31.0. The van der Waals surface area contributed by atoms with Gasteiger partial charge in [-0.05, 0) is 42.9 Å². The molecule has 1 aliphatic carbocycles. The SMILES string of the molecule is CCC(NC(=O)[C@H](CC1CCCCC1)NC(=O)[C@@H](NC(=O)[C@H](CC(C)C)NC(=O)c1cnccn1)C(C)CC)C(=O)C(=O)NC(C(=O)O)C(C)C. The van der Waals surface area contributed by atoms with Crippen LogP contribution in [-0.4, -0.2) is 86.6 Å². The summed E-state index contributed by atoms with van der Waals surface area (Å²) in [5.41, 5.74) is 0.0369. The standard InChI is InChI=1S/C36H57N7O8/c1-8-22(7)29(43-32(46)25(17-20(3)4)40-33(47)27-19-37-15-16-38-27)34(48)41-26(18-23-13-11-10-12-14-23)31(45)39-24(9-2)30(44)35(49)42-28(21(5)6)36(50)51/h15-16,19-26,28-29H,8-14,17-18H2,1-7H3,(H,39,45)(H,40,47)(H,41,48)(H,42,49)(H,43,46)(H,50,51)/t22?,24?,25-,26-,28?,29-/m0/s1. The van der Waals surface area contributed by atoms with Gasteiger partial charge >= 0.3 is 5.97 Å². The van der Waals surface area contributed by atoms with E-state index in [4.69, 9.17) is 0 Å². The number of carboxylic acids is 1. The Kier molecular flexibility index (Phi) is 17.6. The summed E-state index contributed by atoms with van der Waals surface area (Å²) < 4.78 is 0. The Morgan fingerprint density at radius 2 is 1.37 bits per heavy atom. The van der Waals surface area contributed by atoms with Crippen molar-refractivity contribution in [2.45, 2.75) is 136 Å². The molecule has 6 atom stereocenters. The molecule has 0 saturated heterocycles. The predicted molar refractivity (Wildman–Crippen MR) is 189 cm³/mol. The molecule has 15 nitrogen and oxygen atoms in total. The molecule has 0 spiro atoms. The molecule has 1 fully saturated rings. The fourth-order valence-electron chi connectivity index (χ4n) is 6.07. The molecule has 6 N–H and O–H groups in total. The van der Waals surface area contributed by atoms with Gasteiger partial charge in [0.15, 0.2) is 0 Å². The van der Waals surface area contributed by atoms with Gasteiger partial charge in [0.25, 0.3) is 11.8 Å². The van der Waals surface area contributed by atoms with Crippen molar-refractivity contribution in [3.63, 3.8) is 0 Å². The fraction of sp³-hybridized carbons (Fsp3) is 0.694. The van der Waals surface area contributed by atoms with Crippen molar-refractivity contribution >= 4 is 41.3 Å². The summed E-state index contributed by atoms with van der Waals surface area (Å²) in [5, 5.41) is 22.7. The lowest BCUT2D eigenvalue weighted by Gasteiger charge is -2.31. The predicted octanol–water partition coefficient (Wildman–Crippen LogP) is 2.30. The quantitative estimate of drug-likeness (QED) is 0.108. The van der Waals surface area contributed by atoms with Crippen LogP contribution in [0.5, 0.6) is 0 Å². The van der Waals surface area contributed by atoms with Gasteiger partial charge in [-0.15, -0.1) is 0 Å². The van der Waals surface area contributed by atoms with E-state index >= 15 is 0 Å². The van der Waals surface area contributed by atoms with Crippen molar-refractivity contribution in [1.29, 1.82) is 0 Å². The maximum Gasteiger partial charge on any atom is 0.326 e. The zero-order chi connectivity index (χ0) is 38.2. The largest absolute Gasteiger partial charge is 0.480 e. The molecular formula is C36H57N7O8. The molecule has 15 heteroatoms. The number of nitrogens with one attached hydrogen (secondary N) is 5. The van der Waals surface area contributed by atoms with E-state index in [1.54, 1.807) is 27.7 Å². The van der Waals surface area contributed by atoms with Gasteiger partial charge in [0.2, 0.25) is 23.5 Å². The minimum Gasteiger partial charge on any atom is -0.480 e. The molecule has 5 amide bonds. The molecule has 284 valence electrons. The van der Waals surface area contributed by atoms with E-state index in [1.807, 2.05) is 20.8 Å². The molecule has 1 aliphatic rings. The van der Waals surface area contributed by atoms with Crippen molar-refractivity contribution in [3.05, 3.63) is 24.3 Å². The molecule has 0 bridgehead atoms. The summed E-state index contributed by atoms with van der Waals surface area (Å²) in [6.45, 7) is 12.2. The summed E-state index contributed by atoms with van der Waals surface area (Å²) >= 11 is 0. The van der Waals surface area contributed by atoms with Crippen LogP contribution in [0.3, 0.4) is 0 Å². The number of hydrogen-bond donors (Lipinski definition) is 6. The first-order chi connectivity index (χ1) is 24.1. The van der Waals surface area contributed by atoms with E-state index in [-0.39, 0.29) is 42.7 Å². The van der Waals surface area contributed by atoms with E-state index in [0.717, 1.165) is 32.1 Å². The first-order valence-electron chi connectivity index (χ1n) is 18.1. The van der Waals surface area contributed by atoms with Crippen molar-refractivity contribution < 1.29 is 38.7 Å². The number of nitrogens with zero attached hydrogens (tertiary/aromatic N) is 2. The lowest BCUT2D eigenvalue weighted by Crippen LogP contribution is -2.60. The second-order valence-corrected chi connectivity index (χ2v) is 14.3. The summed E-state index contributed by atoms with van der Waals surface area (Å²) in [5.74, 6) is -6.55. The number of carbonyl (C=O) groups excluding carboxylic acids is 6. The van der Waals surface area contributed by atoms with Gasteiger partial charge in [-0.2, -0.15) is 0 Å². The molecule has 0 aliphatic heterocycles. The Hall–Kier alpha value is -4.43. The second kappa shape index (κ2) is 21.1. The number of aliphatic carboxylic acids is 1. The van der Waals surface area contributed by atoms with Crippen LogP contribution in [0.2, 0.25) is 0 Å². The fourth-order valence-corrected chi connectivity index (χ4v) is 6.07. The summed E-state index contributed by atoms with van der Waals surface area (Å²) in [7, 11) is 0. The van der Waals surface area contributed by atoms with Gasteiger partial charge in [0, 0.05) is 12.4 Å². The molecule has 1 heterocycles. The van der Waals surface area contributed by atoms with Crippen molar-refractivity contribution in [3.8, 4) is 0 Å². The van der Waals surface area contributed by atoms with E-state index in [1.165, 1.54) is 18.6 Å². The number of aromatic nitrogens is 2. The highest BCUT2D eigenvalue weighted by Crippen LogP contribution is 2.27. The maximum atomic E-state index is 14.0. The van der Waals surface area contributed by atoms with Crippen molar-refractivity contribution in [1.82, 2.24) is 36.6 Å². The van der Waals surface area contributed by atoms with Crippen LogP contribution in [0, 0.1) is 23.7 Å². The molecule has 0 aromatic carbocycles. The average Bonchev–Trinajstić information content (AvgIpc) is 3.10. The van der Waals surface area contributed by atoms with Crippen LogP contribution < -0.4 is 26.6 Å². The number of hydrogen-bond acceptors (Lipinski definition) is 9. The minimum absolute atomic E-state index is 0.0130. The monoisotopic (exact) mass is 715 g/mol. The Bertz CT molecular complexity index is 1350. The first kappa shape index (κ1) is 42.7. The van der Waals surface area contributed by atoms with E-state index < -0.39 is 77.4 Å². The molecular weight excluding hydrogens is 658 g/mol. The van der Waals surface area contributed by atoms with Crippen LogP contribution in [0.4, 0.5) is 0 Å². The Morgan fingerprint density at radius 1 is 0.745 bits per heavy atom. The zero-order valence-corrected chi connectivity index (χ0v) is 31.0. The number of carbonyl (C=O) groups is 7. The summed E-state index contributed by atoms with van der Waals surface area (Å²) in [6, 6.07) is -5.69. The lowest BCUT2D eigenvalue weighted by molar-refractivity contribution is -0.146. The van der Waals surface area contributed by atoms with Crippen LogP contribution >= 0.6 is 0 Å². The van der Waals surface area contributed by atoms with Gasteiger partial charge in [0.1, 0.15) is 29.9 Å². The van der Waals surface area contributed by atoms with Gasteiger partial charge in [-0.1, -0.05) is 87.0 Å². The molecule has 51 heavy (non-hydrogen) atoms. The van der Waals surface area contributed by atoms with Gasteiger partial charge in [-0.3, -0.25) is 33.8 Å². The summed E-state index contributed by atoms with van der Waals surface area (Å²) in [6.07, 6.45) is 9.94. The number of Topliss-reactive ketones (excluding diaryl/α,β-unsaturated/α-hetero) is 1. The third kappa shape index (κ3) is 13.7. The number of ketones is 1. The van der Waals surface area contributed by atoms with Gasteiger partial charge in [0.05, 0.1) is 12.2 Å². The highest BCUT2D eigenvalue weighted by atomic mass is 16.4. The number of rotatable bonds is 20. The van der Waals surface area contributed by atoms with Crippen LogP contribution in [0.15, 0.2) is 18.6 Å². The van der Waals surface area contributed by atoms with E-state index in [9.17, 15) is 38.7 Å². The van der Waals surface area contributed by atoms with Crippen LogP contribution in [0.1, 0.15) is 117 Å². The molecule has 2 rings (SSSR count). The summed E-state index contributed by atoms with van der Waals surface area (Å²) in [4.78, 5) is 99.7. The topological polar surface area (TPSA) is 226 Å². The van der Waals surface area contributed by atoms with Gasteiger partial charge in [-0.25, -0.2) is 9.78 Å². The third-order valence-electron chi connectivity index (χ3n) is 9.33. The maximum absolute atomic E-state index is 14.0. The molecule has 0 radical (unpaired) electrons. The van der Waals surface area contributed by atoms with Crippen LogP contribution in [0.25, 0.3) is 0 Å². The number of carboxylic acid groups (broad SMARTS) is 1. The average molecular weight is 716 g/mol. The minimum atomic E-state index is -1.29. The van der Waals surface area contributed by atoms with E-state index in [0.29, 0.717) is 6.42 Å². The van der Waals surface area contributed by atoms with Crippen molar-refractivity contribution in [2.24, 2.45) is 23.7 Å². The highest BCUT2D eigenvalue weighted by molar-refractivity contribution is 6.38. The number of amides is 5. The van der Waals surface area contributed by atoms with Gasteiger partial charge < -0.3 is 31.7 Å². The third-order valence-corrected chi connectivity index (χ3v) is 9.33. The molecule has 3 unspecified atom stereocenters. The van der Waals surface area contributed by atoms with E-state index in [2.05, 4.69) is 36.6 Å². The smallest absolute Gasteiger partial charge is 0.326 e. The first-order valence-corrected chi connectivity index (χ1v) is 18.1. The molecule has 1 aromatic rings. The second-order valence-electron chi connectivity index (χ2n) is 14.3.